The molecule has 7 heteroatoms. The minimum absolute atomic E-state index is 0.0584. The van der Waals surface area contributed by atoms with E-state index in [1.54, 1.807) is 23.2 Å². The molecule has 144 valence electrons. The normalized spacial score (nSPS) is 17.3. The lowest BCUT2D eigenvalue weighted by Crippen LogP contribution is -2.39. The van der Waals surface area contributed by atoms with Crippen molar-refractivity contribution in [3.05, 3.63) is 23.9 Å². The Morgan fingerprint density at radius 1 is 1.35 bits per heavy atom. The predicted molar refractivity (Wildman–Crippen MR) is 99.4 cm³/mol. The standard InChI is InChI=1S/C19H29N3O4/c1-13(2)25-17(23)15-8-7-10-20-16(15)21(6)14-9-11-22(12-14)18(24)26-19(3,4)5/h7-8,10,13-14H,9,11-12H2,1-6H3. The number of carbonyl (C=O) groups is 2. The van der Waals surface area contributed by atoms with Crippen molar-refractivity contribution in [3.8, 4) is 0 Å². The second-order valence-corrected chi connectivity index (χ2v) is 7.81. The second kappa shape index (κ2) is 7.93. The molecule has 1 aromatic rings. The van der Waals surface area contributed by atoms with E-state index < -0.39 is 11.6 Å². The molecule has 2 rings (SSSR count). The van der Waals surface area contributed by atoms with Gasteiger partial charge in [-0.2, -0.15) is 0 Å². The largest absolute Gasteiger partial charge is 0.459 e. The van der Waals surface area contributed by atoms with E-state index >= 15 is 0 Å². The first-order valence-electron chi connectivity index (χ1n) is 8.95. The quantitative estimate of drug-likeness (QED) is 0.766. The third-order valence-corrected chi connectivity index (χ3v) is 4.05. The van der Waals surface area contributed by atoms with Gasteiger partial charge < -0.3 is 19.3 Å². The van der Waals surface area contributed by atoms with Gasteiger partial charge in [-0.25, -0.2) is 14.6 Å². The van der Waals surface area contributed by atoms with Crippen LogP contribution in [0.3, 0.4) is 0 Å². The molecule has 1 unspecified atom stereocenters. The Morgan fingerprint density at radius 3 is 2.65 bits per heavy atom. The summed E-state index contributed by atoms with van der Waals surface area (Å²) >= 11 is 0. The number of hydrogen-bond acceptors (Lipinski definition) is 6. The molecule has 1 fully saturated rings. The smallest absolute Gasteiger partial charge is 0.410 e. The van der Waals surface area contributed by atoms with Crippen LogP contribution < -0.4 is 4.90 Å². The van der Waals surface area contributed by atoms with Gasteiger partial charge in [0.2, 0.25) is 0 Å². The fourth-order valence-electron chi connectivity index (χ4n) is 2.84. The lowest BCUT2D eigenvalue weighted by atomic mass is 10.2. The Labute approximate surface area is 155 Å². The number of nitrogens with zero attached hydrogens (tertiary/aromatic N) is 3. The van der Waals surface area contributed by atoms with Gasteiger partial charge in [-0.05, 0) is 53.2 Å². The SMILES string of the molecule is CC(C)OC(=O)c1cccnc1N(C)C1CCN(C(=O)OC(C)(C)C)C1. The van der Waals surface area contributed by atoms with Crippen molar-refractivity contribution in [2.45, 2.75) is 58.8 Å². The first-order valence-corrected chi connectivity index (χ1v) is 8.95. The van der Waals surface area contributed by atoms with E-state index in [2.05, 4.69) is 4.98 Å². The van der Waals surface area contributed by atoms with Gasteiger partial charge in [0.1, 0.15) is 17.0 Å². The molecule has 1 aliphatic rings. The average Bonchev–Trinajstić information content (AvgIpc) is 3.02. The molecule has 2 heterocycles. The first-order chi connectivity index (χ1) is 12.1. The van der Waals surface area contributed by atoms with E-state index in [9.17, 15) is 9.59 Å². The molecular weight excluding hydrogens is 334 g/mol. The van der Waals surface area contributed by atoms with Crippen LogP contribution in [0, 0.1) is 0 Å². The summed E-state index contributed by atoms with van der Waals surface area (Å²) in [7, 11) is 1.89. The third kappa shape index (κ3) is 5.09. The topological polar surface area (TPSA) is 72.0 Å². The minimum Gasteiger partial charge on any atom is -0.459 e. The number of aromatic nitrogens is 1. The van der Waals surface area contributed by atoms with Gasteiger partial charge in [0, 0.05) is 32.4 Å². The monoisotopic (exact) mass is 363 g/mol. The maximum atomic E-state index is 12.4. The number of rotatable bonds is 4. The number of hydrogen-bond donors (Lipinski definition) is 0. The van der Waals surface area contributed by atoms with Crippen LogP contribution in [0.2, 0.25) is 0 Å². The van der Waals surface area contributed by atoms with Gasteiger partial charge >= 0.3 is 12.1 Å². The van der Waals surface area contributed by atoms with Crippen LogP contribution in [0.4, 0.5) is 10.6 Å². The highest BCUT2D eigenvalue weighted by Crippen LogP contribution is 2.25. The lowest BCUT2D eigenvalue weighted by Gasteiger charge is -2.28. The van der Waals surface area contributed by atoms with Gasteiger partial charge in [0.05, 0.1) is 6.10 Å². The third-order valence-electron chi connectivity index (χ3n) is 4.05. The van der Waals surface area contributed by atoms with Crippen LogP contribution in [-0.4, -0.2) is 59.8 Å². The lowest BCUT2D eigenvalue weighted by molar-refractivity contribution is 0.0290. The average molecular weight is 363 g/mol. The molecule has 0 spiro atoms. The van der Waals surface area contributed by atoms with Crippen LogP contribution in [0.15, 0.2) is 18.3 Å². The molecule has 1 aromatic heterocycles. The summed E-state index contributed by atoms with van der Waals surface area (Å²) in [6.45, 7) is 10.3. The van der Waals surface area contributed by atoms with Gasteiger partial charge in [-0.1, -0.05) is 0 Å². The number of amides is 1. The van der Waals surface area contributed by atoms with Crippen LogP contribution in [0.25, 0.3) is 0 Å². The van der Waals surface area contributed by atoms with Crippen LogP contribution in [0.1, 0.15) is 51.4 Å². The summed E-state index contributed by atoms with van der Waals surface area (Å²) in [6.07, 6.45) is 1.92. The molecule has 26 heavy (non-hydrogen) atoms. The molecule has 0 aliphatic carbocycles. The Kier molecular flexibility index (Phi) is 6.10. The maximum absolute atomic E-state index is 12.4. The number of likely N-dealkylation sites (tertiary alicyclic amines) is 1. The molecule has 1 atom stereocenters. The van der Waals surface area contributed by atoms with Gasteiger partial charge in [-0.15, -0.1) is 0 Å². The van der Waals surface area contributed by atoms with E-state index in [4.69, 9.17) is 9.47 Å². The van der Waals surface area contributed by atoms with E-state index in [0.717, 1.165) is 6.42 Å². The van der Waals surface area contributed by atoms with Crippen molar-refractivity contribution < 1.29 is 19.1 Å². The number of ether oxygens (including phenoxy) is 2. The number of esters is 1. The fraction of sp³-hybridized carbons (Fsp3) is 0.632. The van der Waals surface area contributed by atoms with Gasteiger partial charge in [0.15, 0.2) is 0 Å². The Morgan fingerprint density at radius 2 is 2.04 bits per heavy atom. The highest BCUT2D eigenvalue weighted by Gasteiger charge is 2.33. The zero-order chi connectivity index (χ0) is 19.5. The van der Waals surface area contributed by atoms with E-state index in [1.165, 1.54) is 0 Å². The summed E-state index contributed by atoms with van der Waals surface area (Å²) in [5.74, 6) is 0.172. The molecular formula is C19H29N3O4. The van der Waals surface area contributed by atoms with Crippen molar-refractivity contribution in [2.24, 2.45) is 0 Å². The molecule has 1 aliphatic heterocycles. The zero-order valence-corrected chi connectivity index (χ0v) is 16.5. The fourth-order valence-corrected chi connectivity index (χ4v) is 2.84. The van der Waals surface area contributed by atoms with Crippen LogP contribution in [-0.2, 0) is 9.47 Å². The van der Waals surface area contributed by atoms with Crippen LogP contribution >= 0.6 is 0 Å². The number of likely N-dealkylation sites (N-methyl/N-ethyl adjacent to an activating group) is 1. The van der Waals surface area contributed by atoms with E-state index in [-0.39, 0.29) is 18.2 Å². The highest BCUT2D eigenvalue weighted by atomic mass is 16.6. The van der Waals surface area contributed by atoms with Crippen molar-refractivity contribution in [1.29, 1.82) is 0 Å². The van der Waals surface area contributed by atoms with Gasteiger partial charge in [-0.3, -0.25) is 0 Å². The van der Waals surface area contributed by atoms with Crippen molar-refractivity contribution in [3.63, 3.8) is 0 Å². The molecule has 0 saturated carbocycles. The predicted octanol–water partition coefficient (Wildman–Crippen LogP) is 3.09. The highest BCUT2D eigenvalue weighted by molar-refractivity contribution is 5.94. The molecule has 7 nitrogen and oxygen atoms in total. The summed E-state index contributed by atoms with van der Waals surface area (Å²) < 4.78 is 10.8. The Bertz CT molecular complexity index is 654. The van der Waals surface area contributed by atoms with Crippen molar-refractivity contribution in [2.75, 3.05) is 25.0 Å². The second-order valence-electron chi connectivity index (χ2n) is 7.81. The van der Waals surface area contributed by atoms with Crippen molar-refractivity contribution >= 4 is 17.9 Å². The summed E-state index contributed by atoms with van der Waals surface area (Å²) in [6, 6.07) is 3.49. The number of pyridine rings is 1. The van der Waals surface area contributed by atoms with E-state index in [0.29, 0.717) is 24.5 Å². The minimum atomic E-state index is -0.518. The van der Waals surface area contributed by atoms with E-state index in [1.807, 2.05) is 46.6 Å². The molecule has 0 N–H and O–H groups in total. The molecule has 1 saturated heterocycles. The van der Waals surface area contributed by atoms with Crippen LogP contribution in [0.5, 0.6) is 0 Å². The zero-order valence-electron chi connectivity index (χ0n) is 16.5. The number of anilines is 1. The maximum Gasteiger partial charge on any atom is 0.410 e. The Hall–Kier alpha value is -2.31. The summed E-state index contributed by atoms with van der Waals surface area (Å²) in [4.78, 5) is 32.6. The molecule has 0 bridgehead atoms. The Balaban J connectivity index is 2.10. The summed E-state index contributed by atoms with van der Waals surface area (Å²) in [5.41, 5.74) is -0.0880. The van der Waals surface area contributed by atoms with Crippen molar-refractivity contribution in [1.82, 2.24) is 9.88 Å². The van der Waals surface area contributed by atoms with Gasteiger partial charge in [0.25, 0.3) is 0 Å². The summed E-state index contributed by atoms with van der Waals surface area (Å²) in [5, 5.41) is 0. The number of carbonyl (C=O) groups excluding carboxylic acids is 2. The molecule has 1 amide bonds. The first kappa shape index (κ1) is 20.0. The molecule has 0 aromatic carbocycles. The molecule has 0 radical (unpaired) electrons.